The molecular formula is C10H12ClNO. The Morgan fingerprint density at radius 2 is 2.15 bits per heavy atom. The monoisotopic (exact) mass is 197 g/mol. The van der Waals surface area contributed by atoms with Crippen LogP contribution in [-0.4, -0.2) is 0 Å². The van der Waals surface area contributed by atoms with Crippen LogP contribution in [0.15, 0.2) is 12.1 Å². The number of pyridine rings is 1. The Morgan fingerprint density at radius 1 is 1.46 bits per heavy atom. The number of halogens is 1. The van der Waals surface area contributed by atoms with Gasteiger partial charge in [-0.3, -0.25) is 0 Å². The molecule has 0 fully saturated rings. The first-order valence-electron chi connectivity index (χ1n) is 4.44. The molecule has 1 aliphatic carbocycles. The molecule has 0 radical (unpaired) electrons. The summed E-state index contributed by atoms with van der Waals surface area (Å²) in [4.78, 5) is 0. The summed E-state index contributed by atoms with van der Waals surface area (Å²) in [7, 11) is 0. The Kier molecular flexibility index (Phi) is 1.77. The maximum atomic E-state index is 11.7. The second kappa shape index (κ2) is 2.61. The molecule has 0 amide bonds. The van der Waals surface area contributed by atoms with Crippen molar-refractivity contribution in [2.45, 2.75) is 32.1 Å². The van der Waals surface area contributed by atoms with E-state index in [9.17, 15) is 5.21 Å². The minimum atomic E-state index is -0.0258. The second-order valence-corrected chi connectivity index (χ2v) is 4.60. The van der Waals surface area contributed by atoms with Crippen LogP contribution in [0.2, 0.25) is 5.15 Å². The second-order valence-electron chi connectivity index (χ2n) is 4.21. The Bertz CT molecular complexity index is 360. The van der Waals surface area contributed by atoms with Crippen LogP contribution in [0.1, 0.15) is 31.5 Å². The number of fused-ring (bicyclic) bond motifs is 1. The molecule has 1 aliphatic rings. The van der Waals surface area contributed by atoms with Gasteiger partial charge < -0.3 is 5.21 Å². The molecule has 0 spiro atoms. The van der Waals surface area contributed by atoms with Gasteiger partial charge in [-0.1, -0.05) is 0 Å². The van der Waals surface area contributed by atoms with Crippen molar-refractivity contribution in [3.8, 4) is 0 Å². The number of aromatic nitrogens is 1. The lowest BCUT2D eigenvalue weighted by molar-refractivity contribution is -0.615. The topological polar surface area (TPSA) is 26.9 Å². The Labute approximate surface area is 82.7 Å². The van der Waals surface area contributed by atoms with Crippen molar-refractivity contribution in [2.75, 3.05) is 0 Å². The molecule has 13 heavy (non-hydrogen) atoms. The molecule has 0 N–H and O–H groups in total. The van der Waals surface area contributed by atoms with Crippen molar-refractivity contribution >= 4 is 11.6 Å². The van der Waals surface area contributed by atoms with Crippen LogP contribution in [0.4, 0.5) is 0 Å². The minimum absolute atomic E-state index is 0.0258. The normalized spacial score (nSPS) is 18.7. The van der Waals surface area contributed by atoms with Gasteiger partial charge in [0.25, 0.3) is 5.15 Å². The lowest BCUT2D eigenvalue weighted by Gasteiger charge is -2.17. The van der Waals surface area contributed by atoms with Crippen LogP contribution in [-0.2, 0) is 11.8 Å². The maximum Gasteiger partial charge on any atom is 0.286 e. The van der Waals surface area contributed by atoms with Crippen molar-refractivity contribution in [3.63, 3.8) is 0 Å². The van der Waals surface area contributed by atoms with Crippen molar-refractivity contribution in [1.82, 2.24) is 0 Å². The molecule has 3 heteroatoms. The number of rotatable bonds is 0. The largest absolute Gasteiger partial charge is 0.617 e. The summed E-state index contributed by atoms with van der Waals surface area (Å²) in [5.74, 6) is 0. The van der Waals surface area contributed by atoms with E-state index < -0.39 is 0 Å². The summed E-state index contributed by atoms with van der Waals surface area (Å²) in [6.07, 6.45) is 2.02. The quantitative estimate of drug-likeness (QED) is 0.356. The Balaban J connectivity index is 2.68. The first-order valence-corrected chi connectivity index (χ1v) is 4.81. The van der Waals surface area contributed by atoms with Crippen LogP contribution in [0, 0.1) is 5.21 Å². The highest BCUT2D eigenvalue weighted by molar-refractivity contribution is 6.28. The molecule has 70 valence electrons. The first kappa shape index (κ1) is 8.82. The van der Waals surface area contributed by atoms with E-state index in [0.717, 1.165) is 28.8 Å². The highest BCUT2D eigenvalue weighted by atomic mass is 35.5. The zero-order chi connectivity index (χ0) is 9.64. The smallest absolute Gasteiger partial charge is 0.286 e. The molecule has 0 saturated heterocycles. The highest BCUT2D eigenvalue weighted by Crippen LogP contribution is 2.36. The molecule has 1 aromatic heterocycles. The number of aryl methyl sites for hydroxylation is 1. The summed E-state index contributed by atoms with van der Waals surface area (Å²) in [5.41, 5.74) is 1.96. The Morgan fingerprint density at radius 3 is 2.85 bits per heavy atom. The fourth-order valence-electron chi connectivity index (χ4n) is 2.03. The van der Waals surface area contributed by atoms with E-state index >= 15 is 0 Å². The van der Waals surface area contributed by atoms with Gasteiger partial charge in [0.2, 0.25) is 5.69 Å². The zero-order valence-corrected chi connectivity index (χ0v) is 8.56. The zero-order valence-electron chi connectivity index (χ0n) is 7.80. The number of hydrogen-bond acceptors (Lipinski definition) is 1. The molecule has 0 unspecified atom stereocenters. The van der Waals surface area contributed by atoms with Gasteiger partial charge in [0.1, 0.15) is 0 Å². The summed E-state index contributed by atoms with van der Waals surface area (Å²) in [5, 5.41) is 11.9. The third-order valence-corrected chi connectivity index (χ3v) is 3.06. The minimum Gasteiger partial charge on any atom is -0.617 e. The van der Waals surface area contributed by atoms with Gasteiger partial charge >= 0.3 is 0 Å². The van der Waals surface area contributed by atoms with E-state index in [0.29, 0.717) is 0 Å². The predicted octanol–water partition coefficient (Wildman–Crippen LogP) is 2.20. The summed E-state index contributed by atoms with van der Waals surface area (Å²) < 4.78 is 0.865. The van der Waals surface area contributed by atoms with E-state index in [1.165, 1.54) is 0 Å². The maximum absolute atomic E-state index is 11.7. The van der Waals surface area contributed by atoms with E-state index in [1.807, 2.05) is 6.07 Å². The van der Waals surface area contributed by atoms with Gasteiger partial charge in [0.15, 0.2) is 0 Å². The van der Waals surface area contributed by atoms with Crippen LogP contribution in [0.25, 0.3) is 0 Å². The molecule has 0 bridgehead atoms. The molecule has 2 nitrogen and oxygen atoms in total. The summed E-state index contributed by atoms with van der Waals surface area (Å²) >= 11 is 5.77. The van der Waals surface area contributed by atoms with Gasteiger partial charge in [0, 0.05) is 11.6 Å². The molecule has 2 rings (SSSR count). The fourth-order valence-corrected chi connectivity index (χ4v) is 2.18. The molecule has 0 atom stereocenters. The van der Waals surface area contributed by atoms with Crippen molar-refractivity contribution in [2.24, 2.45) is 0 Å². The molecule has 0 saturated carbocycles. The van der Waals surface area contributed by atoms with E-state index in [2.05, 4.69) is 13.8 Å². The van der Waals surface area contributed by atoms with Crippen molar-refractivity contribution < 1.29 is 4.73 Å². The lowest BCUT2D eigenvalue weighted by atomic mass is 9.90. The highest BCUT2D eigenvalue weighted by Gasteiger charge is 2.38. The third-order valence-electron chi connectivity index (χ3n) is 2.78. The average Bonchev–Trinajstić information content (AvgIpc) is 2.35. The van der Waals surface area contributed by atoms with Crippen LogP contribution < -0.4 is 4.73 Å². The van der Waals surface area contributed by atoms with Crippen LogP contribution >= 0.6 is 11.6 Å². The SMILES string of the molecule is CC1(C)CCc2ccc(Cl)[n+]([O-])c21. The molecule has 0 aromatic carbocycles. The van der Waals surface area contributed by atoms with E-state index in [-0.39, 0.29) is 10.6 Å². The standard InChI is InChI=1S/C10H12ClNO/c1-10(2)6-5-7-3-4-8(11)12(13)9(7)10/h3-4H,5-6H2,1-2H3. The van der Waals surface area contributed by atoms with Crippen LogP contribution in [0.3, 0.4) is 0 Å². The van der Waals surface area contributed by atoms with Crippen LogP contribution in [0.5, 0.6) is 0 Å². The lowest BCUT2D eigenvalue weighted by Crippen LogP contribution is -2.39. The van der Waals surface area contributed by atoms with E-state index in [1.54, 1.807) is 6.07 Å². The van der Waals surface area contributed by atoms with Gasteiger partial charge in [0.05, 0.1) is 5.41 Å². The molecular weight excluding hydrogens is 186 g/mol. The van der Waals surface area contributed by atoms with Crippen molar-refractivity contribution in [3.05, 3.63) is 33.8 Å². The van der Waals surface area contributed by atoms with E-state index in [4.69, 9.17) is 11.6 Å². The molecule has 1 heterocycles. The average molecular weight is 198 g/mol. The van der Waals surface area contributed by atoms with Crippen molar-refractivity contribution in [1.29, 1.82) is 0 Å². The van der Waals surface area contributed by atoms with Gasteiger partial charge in [-0.25, -0.2) is 0 Å². The molecule has 1 aromatic rings. The Hall–Kier alpha value is -0.760. The van der Waals surface area contributed by atoms with Gasteiger partial charge in [-0.2, -0.15) is 4.73 Å². The van der Waals surface area contributed by atoms with Gasteiger partial charge in [-0.05, 0) is 44.4 Å². The first-order chi connectivity index (χ1) is 6.02. The third kappa shape index (κ3) is 1.20. The number of nitrogens with zero attached hydrogens (tertiary/aromatic N) is 1. The predicted molar refractivity (Wildman–Crippen MR) is 51.8 cm³/mol. The number of hydrogen-bond donors (Lipinski definition) is 0. The fraction of sp³-hybridized carbons (Fsp3) is 0.500. The molecule has 0 aliphatic heterocycles. The summed E-state index contributed by atoms with van der Waals surface area (Å²) in [6.45, 7) is 4.17. The summed E-state index contributed by atoms with van der Waals surface area (Å²) in [6, 6.07) is 3.63. The van der Waals surface area contributed by atoms with Gasteiger partial charge in [-0.15, -0.1) is 0 Å².